The SMILES string of the molecule is Cc1ccc(C)n1-c1nnc(N2CCC(C(=O)N3CCN(c4ccccc4F)CC3)CC2)s1. The van der Waals surface area contributed by atoms with Crippen molar-refractivity contribution in [3.63, 3.8) is 0 Å². The van der Waals surface area contributed by atoms with E-state index in [4.69, 9.17) is 0 Å². The Hall–Kier alpha value is -2.94. The number of rotatable bonds is 4. The lowest BCUT2D eigenvalue weighted by Crippen LogP contribution is -2.51. The van der Waals surface area contributed by atoms with Crippen molar-refractivity contribution in [2.45, 2.75) is 26.7 Å². The molecule has 2 aromatic heterocycles. The minimum Gasteiger partial charge on any atom is -0.366 e. The molecule has 2 aliphatic heterocycles. The van der Waals surface area contributed by atoms with Gasteiger partial charge in [-0.15, -0.1) is 10.2 Å². The van der Waals surface area contributed by atoms with Gasteiger partial charge >= 0.3 is 0 Å². The van der Waals surface area contributed by atoms with Gasteiger partial charge in [-0.3, -0.25) is 9.36 Å². The second-order valence-corrected chi connectivity index (χ2v) is 9.78. The van der Waals surface area contributed by atoms with Crippen LogP contribution in [0.25, 0.3) is 5.13 Å². The van der Waals surface area contributed by atoms with Crippen LogP contribution < -0.4 is 9.80 Å². The average Bonchev–Trinajstić information content (AvgIpc) is 3.45. The van der Waals surface area contributed by atoms with Gasteiger partial charge in [0.05, 0.1) is 5.69 Å². The zero-order valence-corrected chi connectivity index (χ0v) is 19.9. The van der Waals surface area contributed by atoms with E-state index in [9.17, 15) is 9.18 Å². The van der Waals surface area contributed by atoms with Crippen LogP contribution in [0, 0.1) is 25.6 Å². The Morgan fingerprint density at radius 2 is 1.52 bits per heavy atom. The molecule has 1 aromatic carbocycles. The Morgan fingerprint density at radius 1 is 0.879 bits per heavy atom. The van der Waals surface area contributed by atoms with Crippen molar-refractivity contribution >= 4 is 28.1 Å². The molecule has 0 radical (unpaired) electrons. The van der Waals surface area contributed by atoms with E-state index in [1.807, 2.05) is 15.9 Å². The fourth-order valence-electron chi connectivity index (χ4n) is 4.85. The summed E-state index contributed by atoms with van der Waals surface area (Å²) < 4.78 is 16.2. The van der Waals surface area contributed by atoms with Crippen molar-refractivity contribution in [1.82, 2.24) is 19.7 Å². The molecule has 0 N–H and O–H groups in total. The molecule has 7 nitrogen and oxygen atoms in total. The minimum atomic E-state index is -0.202. The van der Waals surface area contributed by atoms with Crippen molar-refractivity contribution in [3.8, 4) is 5.13 Å². The largest absolute Gasteiger partial charge is 0.366 e. The average molecular weight is 469 g/mol. The van der Waals surface area contributed by atoms with Gasteiger partial charge in [-0.05, 0) is 51.0 Å². The molecular formula is C24H29FN6OS. The van der Waals surface area contributed by atoms with Crippen molar-refractivity contribution < 1.29 is 9.18 Å². The maximum atomic E-state index is 14.1. The topological polar surface area (TPSA) is 57.5 Å². The first-order chi connectivity index (χ1) is 16.0. The molecule has 4 heterocycles. The summed E-state index contributed by atoms with van der Waals surface area (Å²) >= 11 is 1.60. The van der Waals surface area contributed by atoms with Crippen LogP contribution in [-0.2, 0) is 4.79 Å². The third kappa shape index (κ3) is 4.34. The van der Waals surface area contributed by atoms with E-state index >= 15 is 0 Å². The van der Waals surface area contributed by atoms with Gasteiger partial charge in [0, 0.05) is 56.6 Å². The molecule has 0 spiro atoms. The second kappa shape index (κ2) is 9.13. The first-order valence-corrected chi connectivity index (χ1v) is 12.3. The fourth-order valence-corrected chi connectivity index (χ4v) is 5.87. The number of aryl methyl sites for hydroxylation is 2. The highest BCUT2D eigenvalue weighted by Gasteiger charge is 2.31. The summed E-state index contributed by atoms with van der Waals surface area (Å²) in [6.45, 7) is 8.37. The Bertz CT molecular complexity index is 1110. The monoisotopic (exact) mass is 468 g/mol. The van der Waals surface area contributed by atoms with E-state index in [-0.39, 0.29) is 17.6 Å². The standard InChI is InChI=1S/C24H29FN6OS/c1-17-7-8-18(2)31(17)24-27-26-23(33-24)30-11-9-19(10-12-30)22(32)29-15-13-28(14-16-29)21-6-4-3-5-20(21)25/h3-8,19H,9-16H2,1-2H3. The molecule has 0 bridgehead atoms. The number of anilines is 2. The van der Waals surface area contributed by atoms with Crippen LogP contribution in [0.5, 0.6) is 0 Å². The van der Waals surface area contributed by atoms with Crippen LogP contribution in [0.15, 0.2) is 36.4 Å². The zero-order chi connectivity index (χ0) is 22.9. The number of halogens is 1. The van der Waals surface area contributed by atoms with Gasteiger partial charge in [0.2, 0.25) is 16.2 Å². The van der Waals surface area contributed by atoms with E-state index in [1.165, 1.54) is 6.07 Å². The molecule has 9 heteroatoms. The van der Waals surface area contributed by atoms with Crippen molar-refractivity contribution in [2.75, 3.05) is 49.1 Å². The third-order valence-corrected chi connectivity index (χ3v) is 7.73. The molecule has 1 amide bonds. The summed E-state index contributed by atoms with van der Waals surface area (Å²) in [5.74, 6) is 0.0774. The van der Waals surface area contributed by atoms with Crippen molar-refractivity contribution in [2.24, 2.45) is 5.92 Å². The molecule has 0 atom stereocenters. The predicted molar refractivity (Wildman–Crippen MR) is 129 cm³/mol. The summed E-state index contributed by atoms with van der Waals surface area (Å²) in [4.78, 5) is 19.4. The lowest BCUT2D eigenvalue weighted by Gasteiger charge is -2.39. The molecule has 2 fully saturated rings. The number of benzene rings is 1. The highest BCUT2D eigenvalue weighted by Crippen LogP contribution is 2.30. The highest BCUT2D eigenvalue weighted by molar-refractivity contribution is 7.17. The van der Waals surface area contributed by atoms with E-state index < -0.39 is 0 Å². The maximum absolute atomic E-state index is 14.1. The van der Waals surface area contributed by atoms with E-state index in [2.05, 4.69) is 45.6 Å². The van der Waals surface area contributed by atoms with Crippen LogP contribution >= 0.6 is 11.3 Å². The van der Waals surface area contributed by atoms with E-state index in [0.29, 0.717) is 31.9 Å². The normalized spacial score (nSPS) is 17.6. The molecule has 0 aliphatic carbocycles. The van der Waals surface area contributed by atoms with Crippen LogP contribution in [-0.4, -0.2) is 64.8 Å². The Morgan fingerprint density at radius 3 is 2.18 bits per heavy atom. The number of carbonyl (C=O) groups is 1. The Labute approximate surface area is 197 Å². The van der Waals surface area contributed by atoms with E-state index in [0.717, 1.165) is 47.6 Å². The van der Waals surface area contributed by atoms with Crippen LogP contribution in [0.2, 0.25) is 0 Å². The molecule has 0 saturated carbocycles. The number of hydrogen-bond donors (Lipinski definition) is 0. The first kappa shape index (κ1) is 21.9. The van der Waals surface area contributed by atoms with E-state index in [1.54, 1.807) is 23.5 Å². The second-order valence-electron chi connectivity index (χ2n) is 8.84. The number of carbonyl (C=O) groups excluding carboxylic acids is 1. The number of hydrogen-bond acceptors (Lipinski definition) is 6. The highest BCUT2D eigenvalue weighted by atomic mass is 32.1. The number of piperidine rings is 1. The molecule has 3 aromatic rings. The number of nitrogens with zero attached hydrogens (tertiary/aromatic N) is 6. The molecule has 33 heavy (non-hydrogen) atoms. The van der Waals surface area contributed by atoms with Crippen LogP contribution in [0.3, 0.4) is 0 Å². The summed E-state index contributed by atoms with van der Waals surface area (Å²) in [5.41, 5.74) is 2.92. The van der Waals surface area contributed by atoms with Crippen molar-refractivity contribution in [3.05, 3.63) is 53.6 Å². The third-order valence-electron chi connectivity index (χ3n) is 6.77. The quantitative estimate of drug-likeness (QED) is 0.585. The smallest absolute Gasteiger partial charge is 0.225 e. The number of piperazine rings is 1. The van der Waals surface area contributed by atoms with Gasteiger partial charge in [-0.2, -0.15) is 0 Å². The maximum Gasteiger partial charge on any atom is 0.225 e. The number of amides is 1. The van der Waals surface area contributed by atoms with Gasteiger partial charge in [-0.25, -0.2) is 4.39 Å². The molecule has 2 saturated heterocycles. The molecule has 5 rings (SSSR count). The van der Waals surface area contributed by atoms with Gasteiger partial charge in [0.1, 0.15) is 5.82 Å². The van der Waals surface area contributed by atoms with Crippen LogP contribution in [0.1, 0.15) is 24.2 Å². The van der Waals surface area contributed by atoms with Gasteiger partial charge in [-0.1, -0.05) is 23.5 Å². The molecular weight excluding hydrogens is 439 g/mol. The van der Waals surface area contributed by atoms with Crippen LogP contribution in [0.4, 0.5) is 15.2 Å². The lowest BCUT2D eigenvalue weighted by molar-refractivity contribution is -0.136. The van der Waals surface area contributed by atoms with Gasteiger partial charge in [0.25, 0.3) is 0 Å². The Kier molecular flexibility index (Phi) is 6.05. The lowest BCUT2D eigenvalue weighted by atomic mass is 9.95. The summed E-state index contributed by atoms with van der Waals surface area (Å²) in [6, 6.07) is 11.0. The molecule has 0 unspecified atom stereocenters. The van der Waals surface area contributed by atoms with Gasteiger partial charge < -0.3 is 14.7 Å². The van der Waals surface area contributed by atoms with Gasteiger partial charge in [0.15, 0.2) is 0 Å². The summed E-state index contributed by atoms with van der Waals surface area (Å²) in [7, 11) is 0. The predicted octanol–water partition coefficient (Wildman–Crippen LogP) is 3.65. The Balaban J connectivity index is 1.15. The zero-order valence-electron chi connectivity index (χ0n) is 19.1. The number of aromatic nitrogens is 3. The fraction of sp³-hybridized carbons (Fsp3) is 0.458. The minimum absolute atomic E-state index is 0.0441. The number of para-hydroxylation sites is 1. The first-order valence-electron chi connectivity index (χ1n) is 11.5. The molecule has 174 valence electrons. The molecule has 2 aliphatic rings. The van der Waals surface area contributed by atoms with Crippen molar-refractivity contribution in [1.29, 1.82) is 0 Å². The summed E-state index contributed by atoms with van der Waals surface area (Å²) in [6.07, 6.45) is 1.64. The summed E-state index contributed by atoms with van der Waals surface area (Å²) in [5, 5.41) is 10.6.